The summed E-state index contributed by atoms with van der Waals surface area (Å²) in [5.41, 5.74) is -0.255. The molecule has 2 rings (SSSR count). The van der Waals surface area contributed by atoms with Gasteiger partial charge in [-0.15, -0.1) is 0 Å². The van der Waals surface area contributed by atoms with Crippen molar-refractivity contribution in [3.8, 4) is 0 Å². The first kappa shape index (κ1) is 16.1. The van der Waals surface area contributed by atoms with Gasteiger partial charge >= 0.3 is 5.69 Å². The molecule has 22 heavy (non-hydrogen) atoms. The summed E-state index contributed by atoms with van der Waals surface area (Å²) in [6, 6.07) is 2.92. The number of carbonyl (C=O) groups excluding carboxylic acids is 1. The number of nitrogens with one attached hydrogen (secondary N) is 1. The molecule has 1 N–H and O–H groups in total. The van der Waals surface area contributed by atoms with Crippen LogP contribution in [0.1, 0.15) is 16.9 Å². The number of hydrogen-bond acceptors (Lipinski definition) is 3. The largest absolute Gasteiger partial charge is 0.351 e. The first-order valence-electron chi connectivity index (χ1n) is 6.76. The lowest BCUT2D eigenvalue weighted by Gasteiger charge is -2.08. The molecule has 2 aromatic rings. The van der Waals surface area contributed by atoms with Gasteiger partial charge in [-0.25, -0.2) is 4.79 Å². The summed E-state index contributed by atoms with van der Waals surface area (Å²) >= 11 is 5.82. The zero-order valence-corrected chi connectivity index (χ0v) is 13.1. The van der Waals surface area contributed by atoms with Gasteiger partial charge in [-0.1, -0.05) is 11.6 Å². The van der Waals surface area contributed by atoms with E-state index in [1.807, 2.05) is 0 Å². The van der Waals surface area contributed by atoms with Crippen molar-refractivity contribution < 1.29 is 4.79 Å². The highest BCUT2D eigenvalue weighted by atomic mass is 35.5. The van der Waals surface area contributed by atoms with Gasteiger partial charge in [0.2, 0.25) is 0 Å². The van der Waals surface area contributed by atoms with E-state index < -0.39 is 0 Å². The Bertz CT molecular complexity index is 803. The smallest absolute Gasteiger partial charge is 0.330 e. The van der Waals surface area contributed by atoms with E-state index in [9.17, 15) is 14.4 Å². The molecule has 8 heteroatoms. The van der Waals surface area contributed by atoms with Crippen molar-refractivity contribution in [2.75, 3.05) is 6.54 Å². The van der Waals surface area contributed by atoms with Crippen LogP contribution in [0.5, 0.6) is 0 Å². The van der Waals surface area contributed by atoms with E-state index in [4.69, 9.17) is 11.6 Å². The number of hydrogen-bond donors (Lipinski definition) is 1. The molecular weight excluding hydrogens is 308 g/mol. The van der Waals surface area contributed by atoms with Crippen LogP contribution >= 0.6 is 11.6 Å². The summed E-state index contributed by atoms with van der Waals surface area (Å²) in [5.74, 6) is -0.247. The van der Waals surface area contributed by atoms with Crippen LogP contribution in [0.4, 0.5) is 0 Å². The Labute approximate surface area is 131 Å². The van der Waals surface area contributed by atoms with Crippen molar-refractivity contribution in [2.45, 2.75) is 13.0 Å². The average molecular weight is 325 g/mol. The van der Waals surface area contributed by atoms with Crippen molar-refractivity contribution in [1.82, 2.24) is 19.0 Å². The fourth-order valence-electron chi connectivity index (χ4n) is 2.10. The third kappa shape index (κ3) is 3.48. The maximum absolute atomic E-state index is 12.0. The number of rotatable bonds is 5. The fraction of sp³-hybridized carbons (Fsp3) is 0.357. The molecule has 0 aromatic carbocycles. The van der Waals surface area contributed by atoms with Gasteiger partial charge in [-0.05, 0) is 12.5 Å². The van der Waals surface area contributed by atoms with Gasteiger partial charge in [0, 0.05) is 45.6 Å². The van der Waals surface area contributed by atoms with E-state index in [2.05, 4.69) is 5.32 Å². The van der Waals surface area contributed by atoms with Crippen molar-refractivity contribution in [1.29, 1.82) is 0 Å². The third-order valence-electron chi connectivity index (χ3n) is 3.29. The molecule has 0 fully saturated rings. The van der Waals surface area contributed by atoms with Crippen molar-refractivity contribution in [3.63, 3.8) is 0 Å². The summed E-state index contributed by atoms with van der Waals surface area (Å²) in [5, 5.41) is 3.23. The van der Waals surface area contributed by atoms with Crippen LogP contribution in [0.15, 0.2) is 34.1 Å². The molecule has 0 spiro atoms. The molecule has 1 amide bonds. The molecular formula is C14H17ClN4O3. The summed E-state index contributed by atoms with van der Waals surface area (Å²) in [4.78, 5) is 35.4. The highest BCUT2D eigenvalue weighted by Gasteiger charge is 2.10. The monoisotopic (exact) mass is 324 g/mol. The van der Waals surface area contributed by atoms with Crippen LogP contribution in [-0.2, 0) is 20.6 Å². The van der Waals surface area contributed by atoms with Gasteiger partial charge in [0.15, 0.2) is 0 Å². The van der Waals surface area contributed by atoms with Crippen LogP contribution in [0.3, 0.4) is 0 Å². The normalized spacial score (nSPS) is 10.7. The van der Waals surface area contributed by atoms with Crippen molar-refractivity contribution in [2.24, 2.45) is 14.1 Å². The number of nitrogens with zero attached hydrogens (tertiary/aromatic N) is 3. The standard InChI is InChI=1S/C14H17ClN4O3/c1-17-7-4-12(20)19(14(17)22)6-3-5-16-13(21)11-8-10(15)9-18(11)2/h4,7-9H,3,5-6H2,1-2H3,(H,16,21). The zero-order chi connectivity index (χ0) is 16.3. The number of aryl methyl sites for hydroxylation is 2. The van der Waals surface area contributed by atoms with Gasteiger partial charge in [-0.2, -0.15) is 0 Å². The Kier molecular flexibility index (Phi) is 4.87. The fourth-order valence-corrected chi connectivity index (χ4v) is 2.35. The predicted octanol–water partition coefficient (Wildman–Crippen LogP) is 0.359. The van der Waals surface area contributed by atoms with E-state index in [-0.39, 0.29) is 23.7 Å². The minimum atomic E-state index is -0.368. The molecule has 2 heterocycles. The first-order chi connectivity index (χ1) is 10.4. The number of aromatic nitrogens is 3. The Morgan fingerprint density at radius 1 is 1.27 bits per heavy atom. The molecule has 0 radical (unpaired) electrons. The third-order valence-corrected chi connectivity index (χ3v) is 3.49. The van der Waals surface area contributed by atoms with E-state index in [0.717, 1.165) is 4.57 Å². The molecule has 2 aromatic heterocycles. The maximum Gasteiger partial charge on any atom is 0.330 e. The second-order valence-electron chi connectivity index (χ2n) is 4.96. The van der Waals surface area contributed by atoms with Gasteiger partial charge in [0.05, 0.1) is 5.02 Å². The molecule has 0 atom stereocenters. The molecule has 0 saturated heterocycles. The zero-order valence-electron chi connectivity index (χ0n) is 12.4. The van der Waals surface area contributed by atoms with Crippen LogP contribution in [0, 0.1) is 0 Å². The van der Waals surface area contributed by atoms with E-state index >= 15 is 0 Å². The van der Waals surface area contributed by atoms with Crippen molar-refractivity contribution >= 4 is 17.5 Å². The Balaban J connectivity index is 1.92. The lowest BCUT2D eigenvalue weighted by atomic mass is 10.3. The second-order valence-corrected chi connectivity index (χ2v) is 5.40. The predicted molar refractivity (Wildman–Crippen MR) is 83.3 cm³/mol. The lowest BCUT2D eigenvalue weighted by Crippen LogP contribution is -2.38. The second kappa shape index (κ2) is 6.65. The molecule has 7 nitrogen and oxygen atoms in total. The molecule has 0 aliphatic rings. The molecule has 0 aliphatic heterocycles. The van der Waals surface area contributed by atoms with Gasteiger partial charge in [0.25, 0.3) is 11.5 Å². The SMILES string of the molecule is Cn1cc(Cl)cc1C(=O)NCCCn1c(=O)ccn(C)c1=O. The van der Waals surface area contributed by atoms with Gasteiger partial charge < -0.3 is 14.5 Å². The van der Waals surface area contributed by atoms with Crippen LogP contribution < -0.4 is 16.6 Å². The Morgan fingerprint density at radius 2 is 2.00 bits per heavy atom. The summed E-state index contributed by atoms with van der Waals surface area (Å²) in [7, 11) is 3.31. The minimum absolute atomic E-state index is 0.247. The van der Waals surface area contributed by atoms with Crippen molar-refractivity contribution in [3.05, 3.63) is 56.1 Å². The van der Waals surface area contributed by atoms with E-state index in [1.54, 1.807) is 30.9 Å². The average Bonchev–Trinajstić information content (AvgIpc) is 2.81. The molecule has 0 unspecified atom stereocenters. The minimum Gasteiger partial charge on any atom is -0.351 e. The van der Waals surface area contributed by atoms with Crippen LogP contribution in [0.2, 0.25) is 5.02 Å². The Morgan fingerprint density at radius 3 is 2.64 bits per heavy atom. The highest BCUT2D eigenvalue weighted by molar-refractivity contribution is 6.31. The van der Waals surface area contributed by atoms with Crippen LogP contribution in [0.25, 0.3) is 0 Å². The van der Waals surface area contributed by atoms with E-state index in [1.165, 1.54) is 16.8 Å². The summed E-state index contributed by atoms with van der Waals surface area (Å²) in [6.45, 7) is 0.604. The molecule has 0 aliphatic carbocycles. The molecule has 118 valence electrons. The van der Waals surface area contributed by atoms with Gasteiger partial charge in [0.1, 0.15) is 5.69 Å². The highest BCUT2D eigenvalue weighted by Crippen LogP contribution is 2.12. The summed E-state index contributed by atoms with van der Waals surface area (Å²) in [6.07, 6.45) is 3.55. The topological polar surface area (TPSA) is 78.0 Å². The lowest BCUT2D eigenvalue weighted by molar-refractivity contribution is 0.0944. The van der Waals surface area contributed by atoms with E-state index in [0.29, 0.717) is 23.7 Å². The first-order valence-corrected chi connectivity index (χ1v) is 7.14. The van der Waals surface area contributed by atoms with Gasteiger partial charge in [-0.3, -0.25) is 14.2 Å². The molecule has 0 saturated carbocycles. The van der Waals surface area contributed by atoms with Crippen LogP contribution in [-0.4, -0.2) is 26.2 Å². The number of halogens is 1. The Hall–Kier alpha value is -2.28. The number of carbonyl (C=O) groups is 1. The molecule has 0 bridgehead atoms. The summed E-state index contributed by atoms with van der Waals surface area (Å²) < 4.78 is 4.12. The quantitative estimate of drug-likeness (QED) is 0.807. The number of amides is 1. The maximum atomic E-state index is 12.0.